The lowest BCUT2D eigenvalue weighted by Crippen LogP contribution is -2.39. The van der Waals surface area contributed by atoms with Crippen molar-refractivity contribution in [1.82, 2.24) is 4.98 Å². The Hall–Kier alpha value is -2.14. The molecule has 1 aromatic carbocycles. The van der Waals surface area contributed by atoms with E-state index in [4.69, 9.17) is 4.74 Å². The minimum atomic E-state index is -0.764. The maximum atomic E-state index is 13.0. The van der Waals surface area contributed by atoms with Gasteiger partial charge >= 0.3 is 0 Å². The average molecular weight is 290 g/mol. The van der Waals surface area contributed by atoms with Gasteiger partial charge in [-0.1, -0.05) is 13.0 Å². The molecular weight excluding hydrogens is 271 g/mol. The van der Waals surface area contributed by atoms with E-state index < -0.39 is 11.4 Å². The molecule has 0 radical (unpaired) electrons. The van der Waals surface area contributed by atoms with E-state index in [2.05, 4.69) is 10.3 Å². The summed E-state index contributed by atoms with van der Waals surface area (Å²) in [6.07, 6.45) is 1.75. The van der Waals surface area contributed by atoms with Crippen LogP contribution in [0.5, 0.6) is 5.75 Å². The number of nitrogens with one attached hydrogen (secondary N) is 1. The molecule has 0 fully saturated rings. The molecule has 112 valence electrons. The first-order valence-corrected chi connectivity index (χ1v) is 6.78. The molecule has 0 amide bonds. The maximum absolute atomic E-state index is 13.0. The van der Waals surface area contributed by atoms with Crippen LogP contribution in [-0.2, 0) is 5.54 Å². The van der Waals surface area contributed by atoms with Crippen LogP contribution in [0.15, 0.2) is 42.6 Å². The molecule has 4 nitrogen and oxygen atoms in total. The molecule has 0 saturated heterocycles. The Morgan fingerprint density at radius 1 is 1.33 bits per heavy atom. The second kappa shape index (κ2) is 6.54. The van der Waals surface area contributed by atoms with Crippen molar-refractivity contribution in [1.29, 1.82) is 0 Å². The lowest BCUT2D eigenvalue weighted by atomic mass is 9.91. The fraction of sp³-hybridized carbons (Fsp3) is 0.312. The van der Waals surface area contributed by atoms with Crippen molar-refractivity contribution in [2.75, 3.05) is 19.0 Å². The number of halogens is 1. The van der Waals surface area contributed by atoms with E-state index in [-0.39, 0.29) is 6.61 Å². The van der Waals surface area contributed by atoms with Crippen LogP contribution >= 0.6 is 0 Å². The highest BCUT2D eigenvalue weighted by atomic mass is 19.1. The number of aliphatic hydroxyl groups is 1. The van der Waals surface area contributed by atoms with E-state index in [0.29, 0.717) is 12.1 Å². The van der Waals surface area contributed by atoms with Gasteiger partial charge in [-0.2, -0.15) is 0 Å². The van der Waals surface area contributed by atoms with E-state index >= 15 is 0 Å². The fourth-order valence-corrected chi connectivity index (χ4v) is 2.20. The number of rotatable bonds is 6. The Morgan fingerprint density at radius 3 is 2.71 bits per heavy atom. The first-order chi connectivity index (χ1) is 10.1. The van der Waals surface area contributed by atoms with Crippen molar-refractivity contribution >= 4 is 5.69 Å². The molecule has 1 atom stereocenters. The molecule has 21 heavy (non-hydrogen) atoms. The molecule has 2 N–H and O–H groups in total. The van der Waals surface area contributed by atoms with Gasteiger partial charge in [0.25, 0.3) is 0 Å². The van der Waals surface area contributed by atoms with Gasteiger partial charge in [0.2, 0.25) is 0 Å². The monoisotopic (exact) mass is 290 g/mol. The molecule has 0 saturated carbocycles. The number of methoxy groups -OCH3 is 1. The molecular formula is C16H19FN2O2. The molecule has 0 aliphatic carbocycles. The third-order valence-electron chi connectivity index (χ3n) is 3.54. The average Bonchev–Trinajstić information content (AvgIpc) is 2.54. The number of hydrogen-bond acceptors (Lipinski definition) is 4. The van der Waals surface area contributed by atoms with Crippen molar-refractivity contribution in [3.63, 3.8) is 0 Å². The molecule has 1 aromatic heterocycles. The number of aliphatic hydroxyl groups excluding tert-OH is 1. The van der Waals surface area contributed by atoms with Gasteiger partial charge in [-0.15, -0.1) is 0 Å². The molecule has 5 heteroatoms. The summed E-state index contributed by atoms with van der Waals surface area (Å²) >= 11 is 0. The van der Waals surface area contributed by atoms with Crippen molar-refractivity contribution in [2.45, 2.75) is 18.9 Å². The van der Waals surface area contributed by atoms with Gasteiger partial charge in [0.05, 0.1) is 25.6 Å². The number of pyridine rings is 1. The van der Waals surface area contributed by atoms with E-state index in [9.17, 15) is 9.50 Å². The number of benzene rings is 1. The molecule has 0 bridgehead atoms. The largest absolute Gasteiger partial charge is 0.497 e. The summed E-state index contributed by atoms with van der Waals surface area (Å²) in [5, 5.41) is 13.1. The second-order valence-electron chi connectivity index (χ2n) is 4.81. The van der Waals surface area contributed by atoms with E-state index in [1.165, 1.54) is 6.07 Å². The molecule has 1 heterocycles. The van der Waals surface area contributed by atoms with Crippen LogP contribution in [0.2, 0.25) is 0 Å². The molecule has 0 aliphatic heterocycles. The SMILES string of the molecule is CCC(CO)(Nc1cccc(OC)c1)c1ccc(F)cn1. The van der Waals surface area contributed by atoms with Crippen LogP contribution in [0.4, 0.5) is 10.1 Å². The molecule has 0 spiro atoms. The minimum Gasteiger partial charge on any atom is -0.497 e. The van der Waals surface area contributed by atoms with Crippen LogP contribution in [0.1, 0.15) is 19.0 Å². The van der Waals surface area contributed by atoms with Crippen LogP contribution in [0, 0.1) is 5.82 Å². The highest BCUT2D eigenvalue weighted by molar-refractivity contribution is 5.51. The second-order valence-corrected chi connectivity index (χ2v) is 4.81. The van der Waals surface area contributed by atoms with E-state index in [1.54, 1.807) is 13.2 Å². The van der Waals surface area contributed by atoms with Crippen LogP contribution in [0.25, 0.3) is 0 Å². The number of aromatic nitrogens is 1. The number of anilines is 1. The molecule has 2 rings (SSSR count). The first-order valence-electron chi connectivity index (χ1n) is 6.78. The smallest absolute Gasteiger partial charge is 0.141 e. The zero-order valence-corrected chi connectivity index (χ0v) is 12.1. The first kappa shape index (κ1) is 15.3. The number of nitrogens with zero attached hydrogens (tertiary/aromatic N) is 1. The summed E-state index contributed by atoms with van der Waals surface area (Å²) in [6, 6.07) is 10.3. The van der Waals surface area contributed by atoms with Gasteiger partial charge < -0.3 is 15.2 Å². The van der Waals surface area contributed by atoms with Crippen molar-refractivity contribution in [2.24, 2.45) is 0 Å². The summed E-state index contributed by atoms with van der Waals surface area (Å²) in [4.78, 5) is 4.10. The van der Waals surface area contributed by atoms with Crippen LogP contribution < -0.4 is 10.1 Å². The Balaban J connectivity index is 2.35. The standard InChI is InChI=1S/C16H19FN2O2/c1-3-16(11-20,15-8-7-12(17)10-18-15)19-13-5-4-6-14(9-13)21-2/h4-10,19-20H,3,11H2,1-2H3. The third kappa shape index (κ3) is 3.31. The highest BCUT2D eigenvalue weighted by Gasteiger charge is 2.31. The lowest BCUT2D eigenvalue weighted by Gasteiger charge is -2.32. The minimum absolute atomic E-state index is 0.153. The molecule has 1 unspecified atom stereocenters. The van der Waals surface area contributed by atoms with Crippen molar-refractivity contribution in [3.8, 4) is 5.75 Å². The predicted molar refractivity (Wildman–Crippen MR) is 79.9 cm³/mol. The zero-order valence-electron chi connectivity index (χ0n) is 12.1. The Kier molecular flexibility index (Phi) is 4.75. The summed E-state index contributed by atoms with van der Waals surface area (Å²) in [6.45, 7) is 1.79. The highest BCUT2D eigenvalue weighted by Crippen LogP contribution is 2.29. The number of ether oxygens (including phenoxy) is 1. The third-order valence-corrected chi connectivity index (χ3v) is 3.54. The maximum Gasteiger partial charge on any atom is 0.141 e. The van der Waals surface area contributed by atoms with Gasteiger partial charge in [0.1, 0.15) is 17.1 Å². The summed E-state index contributed by atoms with van der Waals surface area (Å²) in [5.41, 5.74) is 0.633. The summed E-state index contributed by atoms with van der Waals surface area (Å²) < 4.78 is 18.2. The van der Waals surface area contributed by atoms with Crippen molar-refractivity contribution in [3.05, 3.63) is 54.1 Å². The Bertz CT molecular complexity index is 583. The van der Waals surface area contributed by atoms with E-state index in [1.807, 2.05) is 31.2 Å². The van der Waals surface area contributed by atoms with Gasteiger partial charge in [-0.25, -0.2) is 4.39 Å². The normalized spacial score (nSPS) is 13.5. The van der Waals surface area contributed by atoms with Gasteiger partial charge in [-0.3, -0.25) is 4.98 Å². The lowest BCUT2D eigenvalue weighted by molar-refractivity contribution is 0.204. The van der Waals surface area contributed by atoms with Crippen LogP contribution in [-0.4, -0.2) is 23.8 Å². The van der Waals surface area contributed by atoms with Crippen molar-refractivity contribution < 1.29 is 14.2 Å². The Morgan fingerprint density at radius 2 is 2.14 bits per heavy atom. The Labute approximate surface area is 123 Å². The van der Waals surface area contributed by atoms with Gasteiger partial charge in [0.15, 0.2) is 0 Å². The van der Waals surface area contributed by atoms with Gasteiger partial charge in [0, 0.05) is 11.8 Å². The fourth-order valence-electron chi connectivity index (χ4n) is 2.20. The zero-order chi connectivity index (χ0) is 15.3. The van der Waals surface area contributed by atoms with E-state index in [0.717, 1.165) is 17.6 Å². The predicted octanol–water partition coefficient (Wildman–Crippen LogP) is 2.94. The molecule has 0 aliphatic rings. The topological polar surface area (TPSA) is 54.4 Å². The quantitative estimate of drug-likeness (QED) is 0.859. The van der Waals surface area contributed by atoms with Gasteiger partial charge in [-0.05, 0) is 30.7 Å². The number of hydrogen-bond donors (Lipinski definition) is 2. The summed E-state index contributed by atoms with van der Waals surface area (Å²) in [5.74, 6) is 0.318. The molecule has 2 aromatic rings. The summed E-state index contributed by atoms with van der Waals surface area (Å²) in [7, 11) is 1.60. The van der Waals surface area contributed by atoms with Crippen LogP contribution in [0.3, 0.4) is 0 Å².